The Morgan fingerprint density at radius 2 is 1.70 bits per heavy atom. The van der Waals surface area contributed by atoms with Crippen molar-refractivity contribution in [1.29, 1.82) is 0 Å². The molecular formula is C19H14Cl2N2O3S. The lowest BCUT2D eigenvalue weighted by Crippen LogP contribution is -2.13. The van der Waals surface area contributed by atoms with Gasteiger partial charge in [-0.1, -0.05) is 35.3 Å². The minimum Gasteiger partial charge on any atom is -0.322 e. The lowest BCUT2D eigenvalue weighted by Gasteiger charge is -2.09. The summed E-state index contributed by atoms with van der Waals surface area (Å²) in [6, 6.07) is 14.5. The van der Waals surface area contributed by atoms with E-state index >= 15 is 0 Å². The first-order valence-corrected chi connectivity index (χ1v) is 10.4. The normalized spacial score (nSPS) is 11.2. The van der Waals surface area contributed by atoms with Crippen molar-refractivity contribution in [3.05, 3.63) is 76.4 Å². The second kappa shape index (κ2) is 7.68. The van der Waals surface area contributed by atoms with Gasteiger partial charge >= 0.3 is 0 Å². The fraction of sp³-hybridized carbons (Fsp3) is 0.0526. The van der Waals surface area contributed by atoms with Crippen molar-refractivity contribution in [2.45, 2.75) is 4.90 Å². The number of amides is 1. The van der Waals surface area contributed by atoms with Crippen LogP contribution in [0.5, 0.6) is 0 Å². The van der Waals surface area contributed by atoms with Gasteiger partial charge < -0.3 is 5.32 Å². The van der Waals surface area contributed by atoms with Gasteiger partial charge in [-0.15, -0.1) is 0 Å². The standard InChI is InChI=1S/C19H14Cl2N2O3S/c1-27(25,26)15-6-7-16(17(21)11-15)19(24)23-14-4-2-12(3-5-14)18-10-13(20)8-9-22-18/h2-11H,1H3,(H,23,24). The van der Waals surface area contributed by atoms with E-state index in [1.165, 1.54) is 18.2 Å². The van der Waals surface area contributed by atoms with E-state index in [2.05, 4.69) is 10.3 Å². The molecule has 3 rings (SSSR count). The highest BCUT2D eigenvalue weighted by Crippen LogP contribution is 2.24. The number of hydrogen-bond donors (Lipinski definition) is 1. The Morgan fingerprint density at radius 3 is 2.30 bits per heavy atom. The van der Waals surface area contributed by atoms with E-state index in [0.717, 1.165) is 17.5 Å². The summed E-state index contributed by atoms with van der Waals surface area (Å²) in [6.07, 6.45) is 2.70. The van der Waals surface area contributed by atoms with Gasteiger partial charge in [0.1, 0.15) is 0 Å². The monoisotopic (exact) mass is 420 g/mol. The summed E-state index contributed by atoms with van der Waals surface area (Å²) < 4.78 is 23.1. The van der Waals surface area contributed by atoms with Crippen LogP contribution in [0.3, 0.4) is 0 Å². The quantitative estimate of drug-likeness (QED) is 0.662. The molecule has 0 bridgehead atoms. The van der Waals surface area contributed by atoms with Crippen molar-refractivity contribution in [2.75, 3.05) is 11.6 Å². The third-order valence-electron chi connectivity index (χ3n) is 3.77. The average molecular weight is 421 g/mol. The summed E-state index contributed by atoms with van der Waals surface area (Å²) in [4.78, 5) is 16.7. The molecule has 0 saturated carbocycles. The smallest absolute Gasteiger partial charge is 0.257 e. The molecule has 0 spiro atoms. The number of halogens is 2. The molecule has 3 aromatic rings. The number of carbonyl (C=O) groups excluding carboxylic acids is 1. The minimum absolute atomic E-state index is 0.0578. The molecule has 138 valence electrons. The van der Waals surface area contributed by atoms with Crippen LogP contribution in [0.25, 0.3) is 11.3 Å². The van der Waals surface area contributed by atoms with Crippen LogP contribution in [0.1, 0.15) is 10.4 Å². The van der Waals surface area contributed by atoms with Crippen LogP contribution in [0.4, 0.5) is 5.69 Å². The van der Waals surface area contributed by atoms with Crippen LogP contribution in [0.2, 0.25) is 10.0 Å². The molecule has 1 heterocycles. The predicted molar refractivity (Wildman–Crippen MR) is 107 cm³/mol. The van der Waals surface area contributed by atoms with Crippen LogP contribution >= 0.6 is 23.2 Å². The maximum Gasteiger partial charge on any atom is 0.257 e. The molecule has 0 aliphatic heterocycles. The topological polar surface area (TPSA) is 76.1 Å². The first-order chi connectivity index (χ1) is 12.7. The third-order valence-corrected chi connectivity index (χ3v) is 5.43. The van der Waals surface area contributed by atoms with Crippen molar-refractivity contribution < 1.29 is 13.2 Å². The number of anilines is 1. The summed E-state index contributed by atoms with van der Waals surface area (Å²) in [5.41, 5.74) is 2.32. The number of nitrogens with zero attached hydrogens (tertiary/aromatic N) is 1. The Labute approximate surface area is 166 Å². The maximum absolute atomic E-state index is 12.4. The Bertz CT molecular complexity index is 1110. The molecular weight excluding hydrogens is 407 g/mol. The molecule has 1 amide bonds. The van der Waals surface area contributed by atoms with Crippen molar-refractivity contribution in [3.8, 4) is 11.3 Å². The van der Waals surface area contributed by atoms with Gasteiger partial charge in [-0.05, 0) is 42.5 Å². The van der Waals surface area contributed by atoms with Crippen molar-refractivity contribution in [3.63, 3.8) is 0 Å². The predicted octanol–water partition coefficient (Wildman–Crippen LogP) is 4.71. The molecule has 0 aliphatic rings. The van der Waals surface area contributed by atoms with Crippen LogP contribution in [-0.2, 0) is 9.84 Å². The van der Waals surface area contributed by atoms with E-state index < -0.39 is 15.7 Å². The highest BCUT2D eigenvalue weighted by atomic mass is 35.5. The average Bonchev–Trinajstić information content (AvgIpc) is 2.61. The van der Waals surface area contributed by atoms with Crippen LogP contribution in [0, 0.1) is 0 Å². The molecule has 0 radical (unpaired) electrons. The first-order valence-electron chi connectivity index (χ1n) is 7.77. The molecule has 8 heteroatoms. The van der Waals surface area contributed by atoms with Crippen molar-refractivity contribution >= 4 is 44.6 Å². The van der Waals surface area contributed by atoms with Gasteiger partial charge in [-0.3, -0.25) is 9.78 Å². The van der Waals surface area contributed by atoms with Gasteiger partial charge in [0.15, 0.2) is 9.84 Å². The molecule has 0 saturated heterocycles. The lowest BCUT2D eigenvalue weighted by molar-refractivity contribution is 0.102. The number of rotatable bonds is 4. The third kappa shape index (κ3) is 4.66. The zero-order valence-electron chi connectivity index (χ0n) is 14.1. The molecule has 5 nitrogen and oxygen atoms in total. The summed E-state index contributed by atoms with van der Waals surface area (Å²) in [5.74, 6) is -0.436. The van der Waals surface area contributed by atoms with Crippen LogP contribution in [-0.4, -0.2) is 25.6 Å². The lowest BCUT2D eigenvalue weighted by atomic mass is 10.1. The molecule has 0 aliphatic carbocycles. The van der Waals surface area contributed by atoms with Gasteiger partial charge in [0.05, 0.1) is 21.2 Å². The van der Waals surface area contributed by atoms with Gasteiger partial charge in [0.2, 0.25) is 0 Å². The Hall–Kier alpha value is -2.41. The van der Waals surface area contributed by atoms with Gasteiger partial charge in [-0.2, -0.15) is 0 Å². The summed E-state index contributed by atoms with van der Waals surface area (Å²) in [7, 11) is -3.39. The highest BCUT2D eigenvalue weighted by molar-refractivity contribution is 7.90. The zero-order chi connectivity index (χ0) is 19.6. The van der Waals surface area contributed by atoms with Crippen LogP contribution < -0.4 is 5.32 Å². The molecule has 2 aromatic carbocycles. The number of pyridine rings is 1. The number of nitrogens with one attached hydrogen (secondary N) is 1. The summed E-state index contributed by atoms with van der Waals surface area (Å²) in [6.45, 7) is 0. The SMILES string of the molecule is CS(=O)(=O)c1ccc(C(=O)Nc2ccc(-c3cc(Cl)ccn3)cc2)c(Cl)c1. The minimum atomic E-state index is -3.39. The van der Waals surface area contributed by atoms with Crippen molar-refractivity contribution in [2.24, 2.45) is 0 Å². The molecule has 0 fully saturated rings. The second-order valence-electron chi connectivity index (χ2n) is 5.80. The largest absolute Gasteiger partial charge is 0.322 e. The van der Waals surface area contributed by atoms with Gasteiger partial charge in [-0.25, -0.2) is 8.42 Å². The Kier molecular flexibility index (Phi) is 5.51. The van der Waals surface area contributed by atoms with E-state index in [-0.39, 0.29) is 15.5 Å². The zero-order valence-corrected chi connectivity index (χ0v) is 16.4. The number of benzene rings is 2. The van der Waals surface area contributed by atoms with Gasteiger partial charge in [0, 0.05) is 28.7 Å². The number of aromatic nitrogens is 1. The summed E-state index contributed by atoms with van der Waals surface area (Å²) >= 11 is 12.0. The number of sulfone groups is 1. The second-order valence-corrected chi connectivity index (χ2v) is 8.66. The van der Waals surface area contributed by atoms with Crippen LogP contribution in [0.15, 0.2) is 65.7 Å². The van der Waals surface area contributed by atoms with Crippen molar-refractivity contribution in [1.82, 2.24) is 4.98 Å². The Morgan fingerprint density at radius 1 is 1.00 bits per heavy atom. The maximum atomic E-state index is 12.4. The van der Waals surface area contributed by atoms with E-state index in [4.69, 9.17) is 23.2 Å². The molecule has 1 N–H and O–H groups in total. The fourth-order valence-corrected chi connectivity index (χ4v) is 3.53. The number of hydrogen-bond acceptors (Lipinski definition) is 4. The van der Waals surface area contributed by atoms with E-state index in [1.54, 1.807) is 30.5 Å². The molecule has 27 heavy (non-hydrogen) atoms. The first kappa shape index (κ1) is 19.4. The Balaban J connectivity index is 1.78. The summed E-state index contributed by atoms with van der Waals surface area (Å²) in [5, 5.41) is 3.38. The number of carbonyl (C=O) groups is 1. The fourth-order valence-electron chi connectivity index (χ4n) is 2.40. The molecule has 0 atom stereocenters. The van der Waals surface area contributed by atoms with E-state index in [1.807, 2.05) is 12.1 Å². The highest BCUT2D eigenvalue weighted by Gasteiger charge is 2.15. The molecule has 0 unspecified atom stereocenters. The molecule has 1 aromatic heterocycles. The van der Waals surface area contributed by atoms with E-state index in [0.29, 0.717) is 10.7 Å². The van der Waals surface area contributed by atoms with Gasteiger partial charge in [0.25, 0.3) is 5.91 Å². The van der Waals surface area contributed by atoms with E-state index in [9.17, 15) is 13.2 Å².